The molecule has 21 heavy (non-hydrogen) atoms. The Morgan fingerprint density at radius 3 is 2.48 bits per heavy atom. The molecule has 0 fully saturated rings. The fourth-order valence-corrected chi connectivity index (χ4v) is 2.82. The lowest BCUT2D eigenvalue weighted by atomic mass is 9.72. The van der Waals surface area contributed by atoms with Crippen LogP contribution in [0.5, 0.6) is 0 Å². The molecule has 0 amide bonds. The van der Waals surface area contributed by atoms with E-state index in [4.69, 9.17) is 5.73 Å². The van der Waals surface area contributed by atoms with E-state index in [-0.39, 0.29) is 5.92 Å². The van der Waals surface area contributed by atoms with Crippen molar-refractivity contribution in [1.82, 2.24) is 0 Å². The Bertz CT molecular complexity index is 678. The van der Waals surface area contributed by atoms with Gasteiger partial charge in [0, 0.05) is 12.0 Å². The van der Waals surface area contributed by atoms with Gasteiger partial charge < -0.3 is 5.73 Å². The van der Waals surface area contributed by atoms with Crippen molar-refractivity contribution in [2.45, 2.75) is 24.6 Å². The van der Waals surface area contributed by atoms with Crippen molar-refractivity contribution in [2.75, 3.05) is 0 Å². The molecular formula is C16H13F4N. The minimum atomic E-state index is -4.71. The Morgan fingerprint density at radius 2 is 1.81 bits per heavy atom. The quantitative estimate of drug-likeness (QED) is 0.826. The van der Waals surface area contributed by atoms with Crippen LogP contribution in [0.1, 0.15) is 34.2 Å². The minimum Gasteiger partial charge on any atom is -0.323 e. The number of hydrogen-bond donors (Lipinski definition) is 1. The van der Waals surface area contributed by atoms with E-state index in [0.29, 0.717) is 5.56 Å². The smallest absolute Gasteiger partial charge is 0.323 e. The highest BCUT2D eigenvalue weighted by molar-refractivity contribution is 5.43. The van der Waals surface area contributed by atoms with Gasteiger partial charge in [0.25, 0.3) is 0 Å². The van der Waals surface area contributed by atoms with E-state index in [1.54, 1.807) is 0 Å². The van der Waals surface area contributed by atoms with E-state index in [2.05, 4.69) is 0 Å². The Kier molecular flexibility index (Phi) is 3.24. The van der Waals surface area contributed by atoms with Crippen molar-refractivity contribution in [2.24, 2.45) is 5.73 Å². The van der Waals surface area contributed by atoms with Crippen molar-refractivity contribution < 1.29 is 17.6 Å². The van der Waals surface area contributed by atoms with E-state index in [9.17, 15) is 17.6 Å². The molecule has 0 aromatic heterocycles. The van der Waals surface area contributed by atoms with Crippen molar-refractivity contribution in [3.8, 4) is 0 Å². The summed E-state index contributed by atoms with van der Waals surface area (Å²) in [6, 6.07) is 10.1. The number of alkyl halides is 3. The highest BCUT2D eigenvalue weighted by Crippen LogP contribution is 2.43. The fraction of sp³-hybridized carbons (Fsp3) is 0.250. The highest BCUT2D eigenvalue weighted by Gasteiger charge is 2.36. The molecule has 3 rings (SSSR count). The third-order valence-corrected chi connectivity index (χ3v) is 4.01. The van der Waals surface area contributed by atoms with Gasteiger partial charge in [-0.2, -0.15) is 13.2 Å². The van der Waals surface area contributed by atoms with Crippen LogP contribution in [0.3, 0.4) is 0 Å². The molecule has 1 nitrogen and oxygen atoms in total. The van der Waals surface area contributed by atoms with Gasteiger partial charge in [-0.15, -0.1) is 0 Å². The second-order valence-electron chi connectivity index (χ2n) is 5.27. The number of nitrogens with two attached hydrogens (primary N) is 1. The number of halogens is 4. The lowest BCUT2D eigenvalue weighted by molar-refractivity contribution is -0.140. The Hall–Kier alpha value is -1.88. The number of hydrogen-bond acceptors (Lipinski definition) is 1. The van der Waals surface area contributed by atoms with Crippen molar-refractivity contribution >= 4 is 0 Å². The first-order valence-corrected chi connectivity index (χ1v) is 6.58. The van der Waals surface area contributed by atoms with Crippen LogP contribution in [0.2, 0.25) is 0 Å². The fourth-order valence-electron chi connectivity index (χ4n) is 2.82. The molecule has 0 spiro atoms. The van der Waals surface area contributed by atoms with Crippen LogP contribution in [0.25, 0.3) is 0 Å². The van der Waals surface area contributed by atoms with E-state index in [0.717, 1.165) is 29.7 Å². The average Bonchev–Trinajstić information content (AvgIpc) is 2.39. The zero-order valence-electron chi connectivity index (χ0n) is 11.0. The molecule has 0 heterocycles. The van der Waals surface area contributed by atoms with Gasteiger partial charge >= 0.3 is 6.18 Å². The summed E-state index contributed by atoms with van der Waals surface area (Å²) in [6.07, 6.45) is -3.98. The summed E-state index contributed by atoms with van der Waals surface area (Å²) < 4.78 is 51.5. The summed E-state index contributed by atoms with van der Waals surface area (Å²) in [7, 11) is 0. The zero-order chi connectivity index (χ0) is 15.2. The SMILES string of the molecule is NC(c1ccc(F)c(C(F)(F)F)c1)C1Cc2ccccc21. The second kappa shape index (κ2) is 4.84. The number of benzene rings is 2. The normalized spacial score (nSPS) is 18.8. The third-order valence-electron chi connectivity index (χ3n) is 4.01. The number of fused-ring (bicyclic) bond motifs is 1. The average molecular weight is 295 g/mol. The first kappa shape index (κ1) is 14.1. The minimum absolute atomic E-state index is 0.0206. The molecule has 2 atom stereocenters. The summed E-state index contributed by atoms with van der Waals surface area (Å²) in [5, 5.41) is 0. The van der Waals surface area contributed by atoms with Crippen LogP contribution >= 0.6 is 0 Å². The van der Waals surface area contributed by atoms with Crippen molar-refractivity contribution in [3.63, 3.8) is 0 Å². The number of rotatable bonds is 2. The molecular weight excluding hydrogens is 282 g/mol. The molecule has 0 saturated carbocycles. The van der Waals surface area contributed by atoms with E-state index in [1.807, 2.05) is 24.3 Å². The third kappa shape index (κ3) is 2.42. The van der Waals surface area contributed by atoms with Crippen LogP contribution in [-0.4, -0.2) is 0 Å². The van der Waals surface area contributed by atoms with E-state index >= 15 is 0 Å². The van der Waals surface area contributed by atoms with E-state index < -0.39 is 23.6 Å². The van der Waals surface area contributed by atoms with Crippen LogP contribution in [0.15, 0.2) is 42.5 Å². The molecule has 1 aliphatic rings. The highest BCUT2D eigenvalue weighted by atomic mass is 19.4. The van der Waals surface area contributed by atoms with Gasteiger partial charge in [0.05, 0.1) is 5.56 Å². The molecule has 0 bridgehead atoms. The first-order chi connectivity index (χ1) is 9.88. The summed E-state index contributed by atoms with van der Waals surface area (Å²) in [5.74, 6) is -1.29. The summed E-state index contributed by atoms with van der Waals surface area (Å²) in [4.78, 5) is 0. The van der Waals surface area contributed by atoms with E-state index in [1.165, 1.54) is 6.07 Å². The summed E-state index contributed by atoms with van der Waals surface area (Å²) >= 11 is 0. The molecule has 0 aliphatic heterocycles. The molecule has 2 N–H and O–H groups in total. The monoisotopic (exact) mass is 295 g/mol. The summed E-state index contributed by atoms with van der Waals surface area (Å²) in [5.41, 5.74) is 7.36. The lowest BCUT2D eigenvalue weighted by Crippen LogP contribution is -2.29. The maximum absolute atomic E-state index is 13.3. The molecule has 1 aliphatic carbocycles. The maximum Gasteiger partial charge on any atom is 0.419 e. The second-order valence-corrected chi connectivity index (χ2v) is 5.27. The molecule has 0 saturated heterocycles. The summed E-state index contributed by atoms with van der Waals surface area (Å²) in [6.45, 7) is 0. The lowest BCUT2D eigenvalue weighted by Gasteiger charge is -2.35. The standard InChI is InChI=1S/C16H13F4N/c17-14-6-5-10(8-13(14)16(18,19)20)15(21)12-7-9-3-1-2-4-11(9)12/h1-6,8,12,15H,7,21H2. The van der Waals surface area contributed by atoms with Gasteiger partial charge in [0.1, 0.15) is 5.82 Å². The van der Waals surface area contributed by atoms with Gasteiger partial charge in [-0.3, -0.25) is 0 Å². The Morgan fingerprint density at radius 1 is 1.10 bits per heavy atom. The molecule has 2 unspecified atom stereocenters. The maximum atomic E-state index is 13.3. The molecule has 5 heteroatoms. The topological polar surface area (TPSA) is 26.0 Å². The van der Waals surface area contributed by atoms with Gasteiger partial charge in [0.15, 0.2) is 0 Å². The Labute approximate surface area is 119 Å². The van der Waals surface area contributed by atoms with Crippen LogP contribution in [0, 0.1) is 5.82 Å². The molecule has 2 aromatic rings. The van der Waals surface area contributed by atoms with Gasteiger partial charge in [-0.05, 0) is 35.2 Å². The molecule has 2 aromatic carbocycles. The first-order valence-electron chi connectivity index (χ1n) is 6.58. The predicted molar refractivity (Wildman–Crippen MR) is 71.2 cm³/mol. The largest absolute Gasteiger partial charge is 0.419 e. The van der Waals surface area contributed by atoms with Gasteiger partial charge in [0.2, 0.25) is 0 Å². The molecule has 110 valence electrons. The van der Waals surface area contributed by atoms with Crippen LogP contribution in [0.4, 0.5) is 17.6 Å². The predicted octanol–water partition coefficient (Wildman–Crippen LogP) is 4.18. The van der Waals surface area contributed by atoms with Crippen molar-refractivity contribution in [1.29, 1.82) is 0 Å². The van der Waals surface area contributed by atoms with Crippen LogP contribution < -0.4 is 5.73 Å². The van der Waals surface area contributed by atoms with Crippen LogP contribution in [-0.2, 0) is 12.6 Å². The molecule has 0 radical (unpaired) electrons. The van der Waals surface area contributed by atoms with Gasteiger partial charge in [-0.25, -0.2) is 4.39 Å². The Balaban J connectivity index is 1.92. The zero-order valence-corrected chi connectivity index (χ0v) is 11.0. The van der Waals surface area contributed by atoms with Gasteiger partial charge in [-0.1, -0.05) is 30.3 Å². The van der Waals surface area contributed by atoms with Crippen molar-refractivity contribution in [3.05, 3.63) is 70.5 Å².